The third kappa shape index (κ3) is 3.98. The normalized spacial score (nSPS) is 10.4. The van der Waals surface area contributed by atoms with Crippen LogP contribution in [-0.2, 0) is 11.2 Å². The van der Waals surface area contributed by atoms with Gasteiger partial charge < -0.3 is 14.6 Å². The summed E-state index contributed by atoms with van der Waals surface area (Å²) in [5, 5.41) is 6.72. The second-order valence-electron chi connectivity index (χ2n) is 5.10. The van der Waals surface area contributed by atoms with E-state index in [-0.39, 0.29) is 12.5 Å². The largest absolute Gasteiger partial charge is 0.484 e. The fourth-order valence-electron chi connectivity index (χ4n) is 2.11. The van der Waals surface area contributed by atoms with Crippen LogP contribution in [-0.4, -0.2) is 22.7 Å². The molecule has 0 aliphatic rings. The predicted molar refractivity (Wildman–Crippen MR) is 89.7 cm³/mol. The lowest BCUT2D eigenvalue weighted by atomic mass is 10.2. The Kier molecular flexibility index (Phi) is 4.86. The average molecular weight is 323 g/mol. The second-order valence-corrected chi connectivity index (χ2v) is 5.10. The molecule has 3 aromatic rings. The van der Waals surface area contributed by atoms with Crippen molar-refractivity contribution in [3.63, 3.8) is 0 Å². The number of para-hydroxylation sites is 1. The molecule has 2 aromatic carbocycles. The van der Waals surface area contributed by atoms with Crippen molar-refractivity contribution < 1.29 is 14.1 Å². The van der Waals surface area contributed by atoms with Crippen molar-refractivity contribution in [3.05, 3.63) is 60.5 Å². The zero-order valence-corrected chi connectivity index (χ0v) is 13.2. The number of hydrogen-bond acceptors (Lipinski definition) is 5. The van der Waals surface area contributed by atoms with E-state index in [4.69, 9.17) is 9.26 Å². The Morgan fingerprint density at radius 2 is 2.00 bits per heavy atom. The first-order valence-corrected chi connectivity index (χ1v) is 7.65. The zero-order chi connectivity index (χ0) is 16.8. The van der Waals surface area contributed by atoms with Crippen LogP contribution in [0.3, 0.4) is 0 Å². The predicted octanol–water partition coefficient (Wildman–Crippen LogP) is 3.32. The van der Waals surface area contributed by atoms with Crippen molar-refractivity contribution in [2.24, 2.45) is 0 Å². The van der Waals surface area contributed by atoms with Crippen molar-refractivity contribution in [2.75, 3.05) is 11.9 Å². The smallest absolute Gasteiger partial charge is 0.262 e. The molecule has 0 fully saturated rings. The molecule has 0 saturated carbocycles. The van der Waals surface area contributed by atoms with Crippen molar-refractivity contribution in [1.29, 1.82) is 0 Å². The lowest BCUT2D eigenvalue weighted by Crippen LogP contribution is -2.20. The standard InChI is InChI=1S/C18H17N3O3/c1-2-17-20-18(21-24-17)13-7-6-8-14(11-13)19-16(22)12-23-15-9-4-3-5-10-15/h3-11H,2,12H2,1H3,(H,19,22). The lowest BCUT2D eigenvalue weighted by molar-refractivity contribution is -0.118. The maximum atomic E-state index is 12.0. The summed E-state index contributed by atoms with van der Waals surface area (Å²) in [5.74, 6) is 1.50. The number of ether oxygens (including phenoxy) is 1. The van der Waals surface area contributed by atoms with Crippen molar-refractivity contribution in [2.45, 2.75) is 13.3 Å². The molecule has 1 aromatic heterocycles. The third-order valence-electron chi connectivity index (χ3n) is 3.29. The number of carbonyl (C=O) groups is 1. The first-order chi connectivity index (χ1) is 11.7. The van der Waals surface area contributed by atoms with Crippen LogP contribution in [0.15, 0.2) is 59.1 Å². The summed E-state index contributed by atoms with van der Waals surface area (Å²) >= 11 is 0. The lowest BCUT2D eigenvalue weighted by Gasteiger charge is -2.08. The van der Waals surface area contributed by atoms with E-state index >= 15 is 0 Å². The van der Waals surface area contributed by atoms with E-state index in [1.807, 2.05) is 37.3 Å². The first kappa shape index (κ1) is 15.7. The Hall–Kier alpha value is -3.15. The van der Waals surface area contributed by atoms with Crippen LogP contribution < -0.4 is 10.1 Å². The molecule has 0 unspecified atom stereocenters. The Balaban J connectivity index is 1.62. The highest BCUT2D eigenvalue weighted by atomic mass is 16.5. The molecule has 1 N–H and O–H groups in total. The third-order valence-corrected chi connectivity index (χ3v) is 3.29. The zero-order valence-electron chi connectivity index (χ0n) is 13.2. The van der Waals surface area contributed by atoms with Crippen LogP contribution in [0.5, 0.6) is 5.75 Å². The molecular weight excluding hydrogens is 306 g/mol. The number of amides is 1. The highest BCUT2D eigenvalue weighted by Crippen LogP contribution is 2.20. The number of anilines is 1. The van der Waals surface area contributed by atoms with Gasteiger partial charge in [0.05, 0.1) is 0 Å². The number of aryl methyl sites for hydroxylation is 1. The van der Waals surface area contributed by atoms with Gasteiger partial charge >= 0.3 is 0 Å². The van der Waals surface area contributed by atoms with E-state index in [1.165, 1.54) is 0 Å². The molecule has 122 valence electrons. The molecule has 6 heteroatoms. The summed E-state index contributed by atoms with van der Waals surface area (Å²) in [6, 6.07) is 16.5. The van der Waals surface area contributed by atoms with E-state index in [2.05, 4.69) is 15.5 Å². The van der Waals surface area contributed by atoms with Gasteiger partial charge in [-0.25, -0.2) is 0 Å². The van der Waals surface area contributed by atoms with Gasteiger partial charge in [-0.1, -0.05) is 42.4 Å². The molecular formula is C18H17N3O3. The highest BCUT2D eigenvalue weighted by molar-refractivity contribution is 5.92. The molecule has 0 saturated heterocycles. The van der Waals surface area contributed by atoms with Crippen LogP contribution in [0, 0.1) is 0 Å². The maximum absolute atomic E-state index is 12.0. The molecule has 0 aliphatic carbocycles. The molecule has 3 rings (SSSR count). The minimum absolute atomic E-state index is 0.0591. The molecule has 24 heavy (non-hydrogen) atoms. The van der Waals surface area contributed by atoms with Gasteiger partial charge in [-0.2, -0.15) is 4.98 Å². The van der Waals surface area contributed by atoms with Gasteiger partial charge in [-0.05, 0) is 24.3 Å². The molecule has 0 aliphatic heterocycles. The topological polar surface area (TPSA) is 77.2 Å². The monoisotopic (exact) mass is 323 g/mol. The minimum atomic E-state index is -0.238. The summed E-state index contributed by atoms with van der Waals surface area (Å²) in [7, 11) is 0. The number of rotatable bonds is 6. The van der Waals surface area contributed by atoms with Crippen LogP contribution in [0.25, 0.3) is 11.4 Å². The number of aromatic nitrogens is 2. The molecule has 1 heterocycles. The van der Waals surface area contributed by atoms with Crippen LogP contribution in [0.1, 0.15) is 12.8 Å². The molecule has 0 bridgehead atoms. The van der Waals surface area contributed by atoms with E-state index in [0.29, 0.717) is 29.6 Å². The minimum Gasteiger partial charge on any atom is -0.484 e. The Bertz CT molecular complexity index is 815. The van der Waals surface area contributed by atoms with Crippen molar-refractivity contribution in [1.82, 2.24) is 10.1 Å². The van der Waals surface area contributed by atoms with E-state index in [0.717, 1.165) is 5.56 Å². The quantitative estimate of drug-likeness (QED) is 0.753. The summed E-state index contributed by atoms with van der Waals surface area (Å²) in [6.45, 7) is 1.89. The molecule has 0 spiro atoms. The van der Waals surface area contributed by atoms with Gasteiger partial charge in [0.15, 0.2) is 6.61 Å². The number of carbonyl (C=O) groups excluding carboxylic acids is 1. The van der Waals surface area contributed by atoms with E-state index in [1.54, 1.807) is 24.3 Å². The summed E-state index contributed by atoms with van der Waals surface area (Å²) in [6.07, 6.45) is 0.681. The van der Waals surface area contributed by atoms with Gasteiger partial charge in [0.25, 0.3) is 5.91 Å². The average Bonchev–Trinajstić information content (AvgIpc) is 3.10. The van der Waals surface area contributed by atoms with E-state index < -0.39 is 0 Å². The van der Waals surface area contributed by atoms with Gasteiger partial charge in [0.2, 0.25) is 11.7 Å². The van der Waals surface area contributed by atoms with Crippen molar-refractivity contribution in [3.8, 4) is 17.1 Å². The molecule has 6 nitrogen and oxygen atoms in total. The van der Waals surface area contributed by atoms with E-state index in [9.17, 15) is 4.79 Å². The van der Waals surface area contributed by atoms with Gasteiger partial charge in [0.1, 0.15) is 5.75 Å². The molecule has 0 atom stereocenters. The molecule has 1 amide bonds. The first-order valence-electron chi connectivity index (χ1n) is 7.65. The Morgan fingerprint density at radius 1 is 1.17 bits per heavy atom. The second kappa shape index (κ2) is 7.41. The highest BCUT2D eigenvalue weighted by Gasteiger charge is 2.09. The summed E-state index contributed by atoms with van der Waals surface area (Å²) in [4.78, 5) is 16.3. The SMILES string of the molecule is CCc1nc(-c2cccc(NC(=O)COc3ccccc3)c2)no1. The number of hydrogen-bond donors (Lipinski definition) is 1. The summed E-state index contributed by atoms with van der Waals surface area (Å²) < 4.78 is 10.5. The fourth-order valence-corrected chi connectivity index (χ4v) is 2.11. The fraction of sp³-hybridized carbons (Fsp3) is 0.167. The number of nitrogens with one attached hydrogen (secondary N) is 1. The summed E-state index contributed by atoms with van der Waals surface area (Å²) in [5.41, 5.74) is 1.43. The van der Waals surface area contributed by atoms with Crippen LogP contribution >= 0.6 is 0 Å². The number of nitrogens with zero attached hydrogens (tertiary/aromatic N) is 2. The molecule has 0 radical (unpaired) electrons. The van der Waals surface area contributed by atoms with Crippen molar-refractivity contribution >= 4 is 11.6 Å². The van der Waals surface area contributed by atoms with Gasteiger partial charge in [-0.3, -0.25) is 4.79 Å². The van der Waals surface area contributed by atoms with Gasteiger partial charge in [-0.15, -0.1) is 0 Å². The number of benzene rings is 2. The Morgan fingerprint density at radius 3 is 2.75 bits per heavy atom. The maximum Gasteiger partial charge on any atom is 0.262 e. The van der Waals surface area contributed by atoms with Crippen LogP contribution in [0.2, 0.25) is 0 Å². The van der Waals surface area contributed by atoms with Crippen LogP contribution in [0.4, 0.5) is 5.69 Å². The van der Waals surface area contributed by atoms with Gasteiger partial charge in [0, 0.05) is 17.7 Å². The Labute approximate surface area is 139 Å².